The molecule has 1 amide bonds. The molecule has 92 valence electrons. The Bertz CT molecular complexity index is 430. The van der Waals surface area contributed by atoms with Gasteiger partial charge in [-0.05, 0) is 19.4 Å². The first kappa shape index (κ1) is 13.2. The maximum Gasteiger partial charge on any atom is 0.274 e. The minimum atomic E-state index is -0.447. The van der Waals surface area contributed by atoms with Crippen molar-refractivity contribution in [3.63, 3.8) is 0 Å². The van der Waals surface area contributed by atoms with E-state index in [9.17, 15) is 14.9 Å². The minimum Gasteiger partial charge on any atom is -0.326 e. The number of benzene rings is 1. The number of rotatable bonds is 5. The highest BCUT2D eigenvalue weighted by molar-refractivity contribution is 5.91. The molecule has 0 atom stereocenters. The first-order valence-electron chi connectivity index (χ1n) is 5.59. The molecule has 5 heteroatoms. The highest BCUT2D eigenvalue weighted by atomic mass is 16.6. The first-order chi connectivity index (χ1) is 8.04. The first-order valence-corrected chi connectivity index (χ1v) is 5.59. The zero-order valence-electron chi connectivity index (χ0n) is 10.0. The predicted octanol–water partition coefficient (Wildman–Crippen LogP) is 3.03. The topological polar surface area (TPSA) is 72.2 Å². The van der Waals surface area contributed by atoms with E-state index < -0.39 is 4.92 Å². The molecule has 0 aliphatic rings. The van der Waals surface area contributed by atoms with E-state index in [1.54, 1.807) is 19.1 Å². The van der Waals surface area contributed by atoms with Crippen LogP contribution in [-0.4, -0.2) is 10.8 Å². The largest absolute Gasteiger partial charge is 0.326 e. The fraction of sp³-hybridized carbons (Fsp3) is 0.417. The van der Waals surface area contributed by atoms with Crippen molar-refractivity contribution in [3.8, 4) is 0 Å². The maximum atomic E-state index is 11.5. The van der Waals surface area contributed by atoms with E-state index in [0.717, 1.165) is 12.8 Å². The molecule has 0 spiro atoms. The van der Waals surface area contributed by atoms with Gasteiger partial charge in [-0.25, -0.2) is 0 Å². The minimum absolute atomic E-state index is 0.0262. The van der Waals surface area contributed by atoms with Crippen LogP contribution < -0.4 is 5.32 Å². The number of anilines is 1. The van der Waals surface area contributed by atoms with Gasteiger partial charge in [-0.15, -0.1) is 0 Å². The molecule has 0 aliphatic carbocycles. The lowest BCUT2D eigenvalue weighted by Gasteiger charge is -2.05. The van der Waals surface area contributed by atoms with Crippen LogP contribution in [0, 0.1) is 17.0 Å². The summed E-state index contributed by atoms with van der Waals surface area (Å²) < 4.78 is 0. The van der Waals surface area contributed by atoms with Crippen LogP contribution in [0.1, 0.15) is 31.7 Å². The van der Waals surface area contributed by atoms with Crippen molar-refractivity contribution in [2.24, 2.45) is 0 Å². The third kappa shape index (κ3) is 3.86. The molecule has 1 N–H and O–H groups in total. The van der Waals surface area contributed by atoms with Gasteiger partial charge >= 0.3 is 0 Å². The smallest absolute Gasteiger partial charge is 0.274 e. The third-order valence-corrected chi connectivity index (χ3v) is 2.45. The zero-order chi connectivity index (χ0) is 12.8. The average molecular weight is 236 g/mol. The normalized spacial score (nSPS) is 10.0. The summed E-state index contributed by atoms with van der Waals surface area (Å²) in [5.74, 6) is -0.106. The van der Waals surface area contributed by atoms with Gasteiger partial charge in [0.05, 0.1) is 4.92 Å². The maximum absolute atomic E-state index is 11.5. The number of carbonyl (C=O) groups is 1. The van der Waals surface area contributed by atoms with Gasteiger partial charge in [0.2, 0.25) is 5.91 Å². The fourth-order valence-corrected chi connectivity index (χ4v) is 1.44. The van der Waals surface area contributed by atoms with Crippen LogP contribution in [0.3, 0.4) is 0 Å². The standard InChI is InChI=1S/C12H16N2O3/c1-3-4-5-12(15)13-10-7-6-9(2)11(8-10)14(16)17/h6-8H,3-5H2,1-2H3,(H,13,15). The highest BCUT2D eigenvalue weighted by Gasteiger charge is 2.11. The third-order valence-electron chi connectivity index (χ3n) is 2.45. The van der Waals surface area contributed by atoms with Gasteiger partial charge < -0.3 is 5.32 Å². The molecule has 0 heterocycles. The Morgan fingerprint density at radius 1 is 1.47 bits per heavy atom. The fourth-order valence-electron chi connectivity index (χ4n) is 1.44. The molecular weight excluding hydrogens is 220 g/mol. The number of amides is 1. The van der Waals surface area contributed by atoms with Gasteiger partial charge in [0.15, 0.2) is 0 Å². The second kappa shape index (κ2) is 5.98. The number of nitrogens with one attached hydrogen (secondary N) is 1. The molecule has 0 unspecified atom stereocenters. The molecule has 17 heavy (non-hydrogen) atoms. The lowest BCUT2D eigenvalue weighted by Crippen LogP contribution is -2.11. The van der Waals surface area contributed by atoms with E-state index >= 15 is 0 Å². The Morgan fingerprint density at radius 2 is 2.18 bits per heavy atom. The highest BCUT2D eigenvalue weighted by Crippen LogP contribution is 2.22. The van der Waals surface area contributed by atoms with Gasteiger partial charge in [-0.3, -0.25) is 14.9 Å². The van der Waals surface area contributed by atoms with Crippen LogP contribution >= 0.6 is 0 Å². The summed E-state index contributed by atoms with van der Waals surface area (Å²) in [5.41, 5.74) is 1.09. The number of aryl methyl sites for hydroxylation is 1. The van der Waals surface area contributed by atoms with Crippen LogP contribution in [0.5, 0.6) is 0 Å². The van der Waals surface area contributed by atoms with E-state index in [1.807, 2.05) is 6.92 Å². The summed E-state index contributed by atoms with van der Waals surface area (Å²) in [6.45, 7) is 3.67. The van der Waals surface area contributed by atoms with Crippen LogP contribution in [0.4, 0.5) is 11.4 Å². The summed E-state index contributed by atoms with van der Waals surface area (Å²) >= 11 is 0. The van der Waals surface area contributed by atoms with E-state index in [2.05, 4.69) is 5.32 Å². The summed E-state index contributed by atoms with van der Waals surface area (Å²) in [4.78, 5) is 21.7. The van der Waals surface area contributed by atoms with Crippen LogP contribution in [0.25, 0.3) is 0 Å². The molecule has 0 saturated carbocycles. The Balaban J connectivity index is 2.75. The van der Waals surface area contributed by atoms with Crippen LogP contribution in [0.2, 0.25) is 0 Å². The van der Waals surface area contributed by atoms with E-state index in [-0.39, 0.29) is 11.6 Å². The van der Waals surface area contributed by atoms with Crippen LogP contribution in [-0.2, 0) is 4.79 Å². The molecule has 1 aromatic rings. The number of carbonyl (C=O) groups excluding carboxylic acids is 1. The Kier molecular flexibility index (Phi) is 4.63. The average Bonchev–Trinajstić information content (AvgIpc) is 2.28. The summed E-state index contributed by atoms with van der Waals surface area (Å²) in [5, 5.41) is 13.4. The second-order valence-electron chi connectivity index (χ2n) is 3.91. The van der Waals surface area contributed by atoms with Gasteiger partial charge in [-0.1, -0.05) is 19.4 Å². The van der Waals surface area contributed by atoms with Gasteiger partial charge in [0, 0.05) is 23.7 Å². The molecule has 0 aliphatic heterocycles. The number of hydrogen-bond acceptors (Lipinski definition) is 3. The molecule has 0 fully saturated rings. The van der Waals surface area contributed by atoms with E-state index in [4.69, 9.17) is 0 Å². The molecule has 1 aromatic carbocycles. The van der Waals surface area contributed by atoms with Crippen molar-refractivity contribution >= 4 is 17.3 Å². The number of nitro groups is 1. The van der Waals surface area contributed by atoms with Crippen molar-refractivity contribution in [1.82, 2.24) is 0 Å². The Morgan fingerprint density at radius 3 is 2.76 bits per heavy atom. The van der Waals surface area contributed by atoms with Gasteiger partial charge in [-0.2, -0.15) is 0 Å². The Hall–Kier alpha value is -1.91. The lowest BCUT2D eigenvalue weighted by atomic mass is 10.2. The summed E-state index contributed by atoms with van der Waals surface area (Å²) in [6, 6.07) is 4.69. The molecular formula is C12H16N2O3. The quantitative estimate of drug-likeness (QED) is 0.630. The second-order valence-corrected chi connectivity index (χ2v) is 3.91. The summed E-state index contributed by atoms with van der Waals surface area (Å²) in [7, 11) is 0. The van der Waals surface area contributed by atoms with Crippen LogP contribution in [0.15, 0.2) is 18.2 Å². The molecule has 0 aromatic heterocycles. The molecule has 5 nitrogen and oxygen atoms in total. The zero-order valence-corrected chi connectivity index (χ0v) is 10.0. The number of nitro benzene ring substituents is 1. The number of unbranched alkanes of at least 4 members (excludes halogenated alkanes) is 1. The SMILES string of the molecule is CCCCC(=O)Nc1ccc(C)c([N+](=O)[O-])c1. The van der Waals surface area contributed by atoms with Crippen molar-refractivity contribution in [2.45, 2.75) is 33.1 Å². The molecule has 0 saturated heterocycles. The van der Waals surface area contributed by atoms with Gasteiger partial charge in [0.25, 0.3) is 5.69 Å². The predicted molar refractivity (Wildman–Crippen MR) is 66.0 cm³/mol. The molecule has 0 radical (unpaired) electrons. The number of hydrogen-bond donors (Lipinski definition) is 1. The molecule has 1 rings (SSSR count). The van der Waals surface area contributed by atoms with Crippen molar-refractivity contribution in [3.05, 3.63) is 33.9 Å². The van der Waals surface area contributed by atoms with E-state index in [0.29, 0.717) is 17.7 Å². The molecule has 0 bridgehead atoms. The number of nitrogens with zero attached hydrogens (tertiary/aromatic N) is 1. The van der Waals surface area contributed by atoms with Crippen molar-refractivity contribution in [1.29, 1.82) is 0 Å². The summed E-state index contributed by atoms with van der Waals surface area (Å²) in [6.07, 6.45) is 2.21. The monoisotopic (exact) mass is 236 g/mol. The lowest BCUT2D eigenvalue weighted by molar-refractivity contribution is -0.385. The van der Waals surface area contributed by atoms with E-state index in [1.165, 1.54) is 6.07 Å². The van der Waals surface area contributed by atoms with Crippen molar-refractivity contribution < 1.29 is 9.72 Å². The van der Waals surface area contributed by atoms with Gasteiger partial charge in [0.1, 0.15) is 0 Å². The Labute approximate surface area is 100.0 Å². The van der Waals surface area contributed by atoms with Crippen molar-refractivity contribution in [2.75, 3.05) is 5.32 Å².